The lowest BCUT2D eigenvalue weighted by Gasteiger charge is -2.10. The summed E-state index contributed by atoms with van der Waals surface area (Å²) in [5.74, 6) is 0.760. The molecule has 2 rings (SSSR count). The fraction of sp³-hybridized carbons (Fsp3) is 0.500. The maximum atomic E-state index is 5.91. The van der Waals surface area contributed by atoms with Gasteiger partial charge in [-0.2, -0.15) is 0 Å². The molecule has 1 saturated carbocycles. The lowest BCUT2D eigenvalue weighted by Crippen LogP contribution is -2.08. The second kappa shape index (κ2) is 3.60. The van der Waals surface area contributed by atoms with Crippen LogP contribution in [0, 0.1) is 11.3 Å². The van der Waals surface area contributed by atoms with Crippen LogP contribution in [0.2, 0.25) is 5.02 Å². The van der Waals surface area contributed by atoms with Gasteiger partial charge in [-0.3, -0.25) is 0 Å². The topological polar surface area (TPSA) is 38.0 Å². The monoisotopic (exact) mass is 224 g/mol. The van der Waals surface area contributed by atoms with E-state index < -0.39 is 0 Å². The Morgan fingerprint density at radius 3 is 2.80 bits per heavy atom. The lowest BCUT2D eigenvalue weighted by molar-refractivity contribution is 0.573. The zero-order valence-electron chi connectivity index (χ0n) is 9.18. The molecule has 0 heterocycles. The Labute approximate surface area is 95.8 Å². The molecule has 1 aliphatic carbocycles. The Morgan fingerprint density at radius 1 is 1.53 bits per heavy atom. The normalized spacial score (nSPS) is 22.5. The van der Waals surface area contributed by atoms with Crippen molar-refractivity contribution in [3.05, 3.63) is 23.2 Å². The van der Waals surface area contributed by atoms with Crippen molar-refractivity contribution in [2.75, 3.05) is 17.6 Å². The van der Waals surface area contributed by atoms with Crippen LogP contribution in [0.4, 0.5) is 11.4 Å². The average molecular weight is 225 g/mol. The highest BCUT2D eigenvalue weighted by atomic mass is 35.5. The van der Waals surface area contributed by atoms with Crippen LogP contribution in [0.15, 0.2) is 18.2 Å². The maximum absolute atomic E-state index is 5.91. The molecule has 0 spiro atoms. The van der Waals surface area contributed by atoms with Gasteiger partial charge in [-0.25, -0.2) is 0 Å². The van der Waals surface area contributed by atoms with Crippen molar-refractivity contribution in [1.29, 1.82) is 0 Å². The van der Waals surface area contributed by atoms with E-state index in [1.807, 2.05) is 18.2 Å². The summed E-state index contributed by atoms with van der Waals surface area (Å²) in [6.45, 7) is 5.57. The molecule has 1 aromatic carbocycles. The summed E-state index contributed by atoms with van der Waals surface area (Å²) in [4.78, 5) is 0. The van der Waals surface area contributed by atoms with Crippen LogP contribution in [0.5, 0.6) is 0 Å². The van der Waals surface area contributed by atoms with E-state index in [1.54, 1.807) is 0 Å². The Balaban J connectivity index is 1.96. The van der Waals surface area contributed by atoms with Crippen LogP contribution < -0.4 is 11.1 Å². The molecule has 82 valence electrons. The molecule has 0 bridgehead atoms. The first-order valence-corrected chi connectivity index (χ1v) is 5.66. The highest BCUT2D eigenvalue weighted by molar-refractivity contribution is 6.31. The summed E-state index contributed by atoms with van der Waals surface area (Å²) >= 11 is 5.91. The minimum absolute atomic E-state index is 0.500. The SMILES string of the molecule is CC1(C)CC1CNc1cc(Cl)ccc1N. The molecule has 1 fully saturated rings. The number of nitrogen functional groups attached to an aromatic ring is 1. The van der Waals surface area contributed by atoms with Crippen molar-refractivity contribution in [3.63, 3.8) is 0 Å². The summed E-state index contributed by atoms with van der Waals surface area (Å²) < 4.78 is 0. The lowest BCUT2D eigenvalue weighted by atomic mass is 10.1. The smallest absolute Gasteiger partial charge is 0.0588 e. The van der Waals surface area contributed by atoms with Gasteiger partial charge in [-0.05, 0) is 36.0 Å². The minimum atomic E-state index is 0.500. The molecule has 1 atom stereocenters. The van der Waals surface area contributed by atoms with E-state index in [1.165, 1.54) is 6.42 Å². The fourth-order valence-electron chi connectivity index (χ4n) is 1.84. The molecule has 1 aliphatic rings. The highest BCUT2D eigenvalue weighted by Crippen LogP contribution is 2.51. The predicted octanol–water partition coefficient (Wildman–Crippen LogP) is 3.38. The van der Waals surface area contributed by atoms with Crippen molar-refractivity contribution >= 4 is 23.0 Å². The third-order valence-electron chi connectivity index (χ3n) is 3.27. The van der Waals surface area contributed by atoms with E-state index in [4.69, 9.17) is 17.3 Å². The second-order valence-corrected chi connectivity index (χ2v) is 5.44. The van der Waals surface area contributed by atoms with E-state index in [0.717, 1.165) is 28.9 Å². The molecule has 0 saturated heterocycles. The van der Waals surface area contributed by atoms with E-state index in [2.05, 4.69) is 19.2 Å². The number of nitrogens with one attached hydrogen (secondary N) is 1. The van der Waals surface area contributed by atoms with Gasteiger partial charge in [0.2, 0.25) is 0 Å². The summed E-state index contributed by atoms with van der Waals surface area (Å²) in [5.41, 5.74) is 8.05. The zero-order valence-corrected chi connectivity index (χ0v) is 9.93. The molecule has 0 radical (unpaired) electrons. The quantitative estimate of drug-likeness (QED) is 0.773. The third kappa shape index (κ3) is 2.37. The van der Waals surface area contributed by atoms with Crippen molar-refractivity contribution in [2.45, 2.75) is 20.3 Å². The molecule has 3 heteroatoms. The van der Waals surface area contributed by atoms with Crippen LogP contribution in [0.3, 0.4) is 0 Å². The second-order valence-electron chi connectivity index (χ2n) is 5.00. The molecular formula is C12H17ClN2. The minimum Gasteiger partial charge on any atom is -0.397 e. The van der Waals surface area contributed by atoms with Crippen molar-refractivity contribution in [2.24, 2.45) is 11.3 Å². The van der Waals surface area contributed by atoms with Crippen molar-refractivity contribution in [1.82, 2.24) is 0 Å². The van der Waals surface area contributed by atoms with Gasteiger partial charge in [-0.15, -0.1) is 0 Å². The van der Waals surface area contributed by atoms with E-state index >= 15 is 0 Å². The Morgan fingerprint density at radius 2 is 2.20 bits per heavy atom. The van der Waals surface area contributed by atoms with Crippen molar-refractivity contribution < 1.29 is 0 Å². The molecule has 0 aliphatic heterocycles. The number of rotatable bonds is 3. The van der Waals surface area contributed by atoms with Gasteiger partial charge in [0.15, 0.2) is 0 Å². The Bertz CT molecular complexity index is 374. The molecule has 3 N–H and O–H groups in total. The summed E-state index contributed by atoms with van der Waals surface area (Å²) in [7, 11) is 0. The van der Waals surface area contributed by atoms with Crippen LogP contribution in [-0.2, 0) is 0 Å². The predicted molar refractivity (Wildman–Crippen MR) is 66.2 cm³/mol. The molecular weight excluding hydrogens is 208 g/mol. The van der Waals surface area contributed by atoms with Crippen LogP contribution in [0.1, 0.15) is 20.3 Å². The molecule has 0 aromatic heterocycles. The maximum Gasteiger partial charge on any atom is 0.0588 e. The number of benzene rings is 1. The molecule has 0 amide bonds. The van der Waals surface area contributed by atoms with Gasteiger partial charge in [0.25, 0.3) is 0 Å². The first kappa shape index (κ1) is 10.6. The van der Waals surface area contributed by atoms with Gasteiger partial charge in [0.05, 0.1) is 11.4 Å². The van der Waals surface area contributed by atoms with Gasteiger partial charge in [0.1, 0.15) is 0 Å². The first-order chi connectivity index (χ1) is 6.99. The van der Waals surface area contributed by atoms with E-state index in [0.29, 0.717) is 5.41 Å². The Kier molecular flexibility index (Phi) is 2.55. The summed E-state index contributed by atoms with van der Waals surface area (Å²) in [6, 6.07) is 5.53. The number of nitrogens with two attached hydrogens (primary N) is 1. The Hall–Kier alpha value is -0.890. The van der Waals surface area contributed by atoms with Gasteiger partial charge < -0.3 is 11.1 Å². The van der Waals surface area contributed by atoms with Crippen LogP contribution in [0.25, 0.3) is 0 Å². The zero-order chi connectivity index (χ0) is 11.1. The number of halogens is 1. The van der Waals surface area contributed by atoms with Gasteiger partial charge in [0, 0.05) is 11.6 Å². The molecule has 2 nitrogen and oxygen atoms in total. The average Bonchev–Trinajstić information content (AvgIpc) is 2.76. The fourth-order valence-corrected chi connectivity index (χ4v) is 2.01. The molecule has 1 unspecified atom stereocenters. The number of hydrogen-bond acceptors (Lipinski definition) is 2. The van der Waals surface area contributed by atoms with E-state index in [-0.39, 0.29) is 0 Å². The molecule has 1 aromatic rings. The van der Waals surface area contributed by atoms with E-state index in [9.17, 15) is 0 Å². The van der Waals surface area contributed by atoms with Gasteiger partial charge >= 0.3 is 0 Å². The highest BCUT2D eigenvalue weighted by Gasteiger charge is 2.44. The standard InChI is InChI=1S/C12H17ClN2/c1-12(2)6-8(12)7-15-11-5-9(13)3-4-10(11)14/h3-5,8,15H,6-7,14H2,1-2H3. The summed E-state index contributed by atoms with van der Waals surface area (Å²) in [5, 5.41) is 4.09. The summed E-state index contributed by atoms with van der Waals surface area (Å²) in [6.07, 6.45) is 1.29. The van der Waals surface area contributed by atoms with Crippen LogP contribution in [-0.4, -0.2) is 6.54 Å². The largest absolute Gasteiger partial charge is 0.397 e. The number of anilines is 2. The third-order valence-corrected chi connectivity index (χ3v) is 3.51. The van der Waals surface area contributed by atoms with Crippen molar-refractivity contribution in [3.8, 4) is 0 Å². The van der Waals surface area contributed by atoms with Crippen LogP contribution >= 0.6 is 11.6 Å². The van der Waals surface area contributed by atoms with Gasteiger partial charge in [-0.1, -0.05) is 25.4 Å². The first-order valence-electron chi connectivity index (χ1n) is 5.28. The molecule has 15 heavy (non-hydrogen) atoms. The number of hydrogen-bond donors (Lipinski definition) is 2.